The topological polar surface area (TPSA) is 71.8 Å². The van der Waals surface area contributed by atoms with E-state index in [1.165, 1.54) is 17.3 Å². The van der Waals surface area contributed by atoms with Crippen molar-refractivity contribution >= 4 is 40.9 Å². The van der Waals surface area contributed by atoms with E-state index in [1.807, 2.05) is 66.2 Å². The number of hydrogen-bond donors (Lipinski definition) is 2. The third-order valence-corrected chi connectivity index (χ3v) is 7.77. The Morgan fingerprint density at radius 2 is 1.71 bits per heavy atom. The quantitative estimate of drug-likeness (QED) is 0.247. The lowest BCUT2D eigenvalue weighted by molar-refractivity contribution is -0.113. The maximum atomic E-state index is 13.7. The summed E-state index contributed by atoms with van der Waals surface area (Å²) in [5.41, 5.74) is 5.30. The van der Waals surface area contributed by atoms with Crippen molar-refractivity contribution < 1.29 is 4.79 Å². The number of rotatable bonds is 6. The summed E-state index contributed by atoms with van der Waals surface area (Å²) in [5, 5.41) is 12.5. The third kappa shape index (κ3) is 5.49. The lowest BCUT2D eigenvalue weighted by atomic mass is 9.85. The predicted molar refractivity (Wildman–Crippen MR) is 156 cm³/mol. The minimum atomic E-state index is -0.439. The number of anilines is 2. The number of carbonyl (C=O) groups excluding carboxylic acids is 1. The first-order valence-corrected chi connectivity index (χ1v) is 13.8. The van der Waals surface area contributed by atoms with E-state index in [0.29, 0.717) is 22.4 Å². The highest BCUT2D eigenvalue weighted by Gasteiger charge is 2.34. The zero-order chi connectivity index (χ0) is 26.9. The SMILES string of the molecule is CC1=C(C(=O)Nc2ccccc2)C(c2ccc(C(C)(C)C)cc2)n2nc(SCc3ccccc3Cl)nc2N1. The summed E-state index contributed by atoms with van der Waals surface area (Å²) in [6.07, 6.45) is 0. The molecule has 0 fully saturated rings. The summed E-state index contributed by atoms with van der Waals surface area (Å²) in [6.45, 7) is 8.47. The van der Waals surface area contributed by atoms with Crippen LogP contribution in [0.2, 0.25) is 5.02 Å². The molecule has 38 heavy (non-hydrogen) atoms. The van der Waals surface area contributed by atoms with Crippen molar-refractivity contribution in [2.24, 2.45) is 0 Å². The van der Waals surface area contributed by atoms with E-state index in [9.17, 15) is 4.79 Å². The molecule has 3 aromatic carbocycles. The number of para-hydroxylation sites is 1. The molecule has 8 heteroatoms. The molecule has 5 rings (SSSR count). The zero-order valence-electron chi connectivity index (χ0n) is 21.8. The molecule has 2 N–H and O–H groups in total. The highest BCUT2D eigenvalue weighted by Crippen LogP contribution is 2.38. The van der Waals surface area contributed by atoms with E-state index >= 15 is 0 Å². The fourth-order valence-electron chi connectivity index (χ4n) is 4.44. The second-order valence-corrected chi connectivity index (χ2v) is 11.7. The standard InChI is InChI=1S/C30H30ClN5OS/c1-19-25(27(37)33-23-11-6-5-7-12-23)26(20-14-16-22(17-15-20)30(2,3)4)36-28(32-19)34-29(35-36)38-18-21-10-8-9-13-24(21)31/h5-17,26H,18H2,1-4H3,(H,33,37)(H,32,34,35). The number of benzene rings is 3. The third-order valence-electron chi connectivity index (χ3n) is 6.52. The first-order valence-electron chi connectivity index (χ1n) is 12.5. The maximum absolute atomic E-state index is 13.7. The predicted octanol–water partition coefficient (Wildman–Crippen LogP) is 7.45. The summed E-state index contributed by atoms with van der Waals surface area (Å²) < 4.78 is 1.81. The minimum Gasteiger partial charge on any atom is -0.328 e. The number of thioether (sulfide) groups is 1. The van der Waals surface area contributed by atoms with Crippen LogP contribution in [0.1, 0.15) is 50.4 Å². The molecule has 0 spiro atoms. The van der Waals surface area contributed by atoms with Gasteiger partial charge in [-0.2, -0.15) is 4.98 Å². The van der Waals surface area contributed by atoms with E-state index in [2.05, 4.69) is 55.7 Å². The molecular weight excluding hydrogens is 514 g/mol. The lowest BCUT2D eigenvalue weighted by Gasteiger charge is -2.29. The fraction of sp³-hybridized carbons (Fsp3) is 0.233. The molecule has 1 atom stereocenters. The summed E-state index contributed by atoms with van der Waals surface area (Å²) in [7, 11) is 0. The van der Waals surface area contributed by atoms with Crippen molar-refractivity contribution in [3.8, 4) is 0 Å². The van der Waals surface area contributed by atoms with Gasteiger partial charge in [0.2, 0.25) is 11.1 Å². The Hall–Kier alpha value is -3.55. The lowest BCUT2D eigenvalue weighted by Crippen LogP contribution is -2.31. The molecule has 4 aromatic rings. The average molecular weight is 544 g/mol. The van der Waals surface area contributed by atoms with Gasteiger partial charge in [0.25, 0.3) is 5.91 Å². The molecule has 0 bridgehead atoms. The number of amides is 1. The van der Waals surface area contributed by atoms with E-state index in [-0.39, 0.29) is 11.3 Å². The summed E-state index contributed by atoms with van der Waals surface area (Å²) in [6, 6.07) is 25.2. The number of halogens is 1. The van der Waals surface area contributed by atoms with Crippen LogP contribution in [0.4, 0.5) is 11.6 Å². The van der Waals surface area contributed by atoms with Gasteiger partial charge in [0, 0.05) is 22.2 Å². The van der Waals surface area contributed by atoms with Gasteiger partial charge < -0.3 is 10.6 Å². The highest BCUT2D eigenvalue weighted by atomic mass is 35.5. The summed E-state index contributed by atoms with van der Waals surface area (Å²) in [4.78, 5) is 18.4. The number of aromatic nitrogens is 3. The van der Waals surface area contributed by atoms with Gasteiger partial charge in [0.15, 0.2) is 0 Å². The number of carbonyl (C=O) groups is 1. The molecule has 0 radical (unpaired) electrons. The van der Waals surface area contributed by atoms with Crippen LogP contribution < -0.4 is 10.6 Å². The Morgan fingerprint density at radius 3 is 2.39 bits per heavy atom. The largest absolute Gasteiger partial charge is 0.328 e. The van der Waals surface area contributed by atoms with Crippen LogP contribution in [0.3, 0.4) is 0 Å². The van der Waals surface area contributed by atoms with Gasteiger partial charge in [-0.3, -0.25) is 4.79 Å². The molecule has 1 aliphatic rings. The number of nitrogens with zero attached hydrogens (tertiary/aromatic N) is 3. The van der Waals surface area contributed by atoms with Crippen molar-refractivity contribution in [2.75, 3.05) is 10.6 Å². The van der Waals surface area contributed by atoms with Crippen LogP contribution in [0.15, 0.2) is 95.3 Å². The Morgan fingerprint density at radius 1 is 1.03 bits per heavy atom. The van der Waals surface area contributed by atoms with Crippen LogP contribution in [0.25, 0.3) is 0 Å². The second-order valence-electron chi connectivity index (χ2n) is 10.3. The summed E-state index contributed by atoms with van der Waals surface area (Å²) >= 11 is 7.87. The molecule has 1 unspecified atom stereocenters. The van der Waals surface area contributed by atoms with Crippen molar-refractivity contribution in [1.82, 2.24) is 14.8 Å². The molecule has 1 amide bonds. The van der Waals surface area contributed by atoms with Crippen LogP contribution in [0.5, 0.6) is 0 Å². The van der Waals surface area contributed by atoms with Gasteiger partial charge in [-0.15, -0.1) is 5.10 Å². The molecule has 2 heterocycles. The molecule has 0 saturated carbocycles. The number of hydrogen-bond acceptors (Lipinski definition) is 5. The van der Waals surface area contributed by atoms with Crippen LogP contribution in [-0.4, -0.2) is 20.7 Å². The molecule has 1 aromatic heterocycles. The molecule has 0 aliphatic carbocycles. The van der Waals surface area contributed by atoms with E-state index in [4.69, 9.17) is 21.7 Å². The average Bonchev–Trinajstić information content (AvgIpc) is 3.30. The molecule has 1 aliphatic heterocycles. The van der Waals surface area contributed by atoms with Crippen LogP contribution in [0, 0.1) is 0 Å². The Bertz CT molecular complexity index is 1490. The van der Waals surface area contributed by atoms with Gasteiger partial charge in [-0.05, 0) is 47.2 Å². The van der Waals surface area contributed by atoms with Crippen molar-refractivity contribution in [2.45, 2.75) is 50.1 Å². The minimum absolute atomic E-state index is 0.0207. The Kier molecular flexibility index (Phi) is 7.32. The van der Waals surface area contributed by atoms with Crippen LogP contribution >= 0.6 is 23.4 Å². The Balaban J connectivity index is 1.51. The second kappa shape index (κ2) is 10.7. The first-order chi connectivity index (χ1) is 18.2. The molecule has 194 valence electrons. The van der Waals surface area contributed by atoms with Crippen molar-refractivity contribution in [3.63, 3.8) is 0 Å². The van der Waals surface area contributed by atoms with E-state index < -0.39 is 6.04 Å². The number of allylic oxidation sites excluding steroid dienone is 1. The number of nitrogens with one attached hydrogen (secondary N) is 2. The van der Waals surface area contributed by atoms with E-state index in [1.54, 1.807) is 0 Å². The van der Waals surface area contributed by atoms with Gasteiger partial charge in [0.05, 0.1) is 5.57 Å². The van der Waals surface area contributed by atoms with Gasteiger partial charge in [-0.1, -0.05) is 105 Å². The van der Waals surface area contributed by atoms with Gasteiger partial charge in [0.1, 0.15) is 6.04 Å². The smallest absolute Gasteiger partial charge is 0.255 e. The zero-order valence-corrected chi connectivity index (χ0v) is 23.4. The highest BCUT2D eigenvalue weighted by molar-refractivity contribution is 7.98. The van der Waals surface area contributed by atoms with Crippen LogP contribution in [-0.2, 0) is 16.0 Å². The monoisotopic (exact) mass is 543 g/mol. The van der Waals surface area contributed by atoms with E-state index in [0.717, 1.165) is 27.5 Å². The number of fused-ring (bicyclic) bond motifs is 1. The first kappa shape index (κ1) is 26.1. The van der Waals surface area contributed by atoms with Gasteiger partial charge >= 0.3 is 0 Å². The fourth-order valence-corrected chi connectivity index (χ4v) is 5.55. The molecule has 0 saturated heterocycles. The van der Waals surface area contributed by atoms with Crippen molar-refractivity contribution in [1.29, 1.82) is 0 Å². The normalized spacial score (nSPS) is 15.1. The molecule has 6 nitrogen and oxygen atoms in total. The summed E-state index contributed by atoms with van der Waals surface area (Å²) in [5.74, 6) is 1.06. The van der Waals surface area contributed by atoms with Crippen molar-refractivity contribution in [3.05, 3.63) is 112 Å². The maximum Gasteiger partial charge on any atom is 0.255 e. The Labute approximate surface area is 232 Å². The van der Waals surface area contributed by atoms with Gasteiger partial charge in [-0.25, -0.2) is 4.68 Å². The molecular formula is C30H30ClN5OS.